The second-order valence-corrected chi connectivity index (χ2v) is 4.98. The molecule has 1 unspecified atom stereocenters. The molecule has 1 aromatic heterocycles. The maximum absolute atomic E-state index is 4.27. The fraction of sp³-hybridized carbons (Fsp3) is 0.333. The summed E-state index contributed by atoms with van der Waals surface area (Å²) >= 11 is 0. The molecule has 2 aromatic rings. The molecule has 19 heavy (non-hydrogen) atoms. The lowest BCUT2D eigenvalue weighted by molar-refractivity contribution is 0.871. The predicted octanol–water partition coefficient (Wildman–Crippen LogP) is 3.22. The number of hydrogen-bond acceptors (Lipinski definition) is 4. The van der Waals surface area contributed by atoms with Crippen molar-refractivity contribution in [1.29, 1.82) is 0 Å². The van der Waals surface area contributed by atoms with Crippen LogP contribution >= 0.6 is 0 Å². The van der Waals surface area contributed by atoms with Crippen LogP contribution in [0.5, 0.6) is 0 Å². The molecular weight excluding hydrogens is 236 g/mol. The molecule has 1 aliphatic rings. The van der Waals surface area contributed by atoms with E-state index in [-0.39, 0.29) is 6.04 Å². The number of nitrogens with zero attached hydrogens (tertiary/aromatic N) is 2. The van der Waals surface area contributed by atoms with Crippen molar-refractivity contribution in [2.45, 2.75) is 31.8 Å². The number of rotatable bonds is 5. The van der Waals surface area contributed by atoms with Crippen LogP contribution in [0.2, 0.25) is 0 Å². The highest BCUT2D eigenvalue weighted by Gasteiger charge is 2.21. The second kappa shape index (κ2) is 5.26. The minimum absolute atomic E-state index is 0.227. The van der Waals surface area contributed by atoms with Crippen LogP contribution in [-0.2, 0) is 0 Å². The summed E-state index contributed by atoms with van der Waals surface area (Å²) in [5, 5.41) is 6.78. The Morgan fingerprint density at radius 2 is 1.84 bits per heavy atom. The van der Waals surface area contributed by atoms with Crippen LogP contribution in [0.25, 0.3) is 0 Å². The van der Waals surface area contributed by atoms with Gasteiger partial charge in [0, 0.05) is 18.2 Å². The van der Waals surface area contributed by atoms with Crippen molar-refractivity contribution in [3.63, 3.8) is 0 Å². The lowest BCUT2D eigenvalue weighted by Gasteiger charge is -2.15. The Bertz CT molecular complexity index is 537. The minimum Gasteiger partial charge on any atom is -0.367 e. The highest BCUT2D eigenvalue weighted by molar-refractivity contribution is 5.48. The third-order valence-corrected chi connectivity index (χ3v) is 3.26. The molecule has 1 aliphatic carbocycles. The van der Waals surface area contributed by atoms with E-state index >= 15 is 0 Å². The zero-order valence-corrected chi connectivity index (χ0v) is 11.0. The molecule has 4 heteroatoms. The highest BCUT2D eigenvalue weighted by atomic mass is 15.1. The van der Waals surface area contributed by atoms with Crippen molar-refractivity contribution in [2.24, 2.45) is 0 Å². The number of benzene rings is 1. The first-order valence-corrected chi connectivity index (χ1v) is 6.71. The Morgan fingerprint density at radius 3 is 2.58 bits per heavy atom. The first-order chi connectivity index (χ1) is 9.31. The van der Waals surface area contributed by atoms with Crippen LogP contribution in [0.15, 0.2) is 42.7 Å². The maximum Gasteiger partial charge on any atom is 0.131 e. The average molecular weight is 254 g/mol. The lowest BCUT2D eigenvalue weighted by atomic mass is 10.1. The zero-order chi connectivity index (χ0) is 13.1. The van der Waals surface area contributed by atoms with Crippen molar-refractivity contribution in [2.75, 3.05) is 10.6 Å². The standard InChI is InChI=1S/C15H18N4/c1-11(12-5-3-2-4-6-12)18-14-9-15(17-10-16-14)19-13-7-8-13/h2-6,9-11,13H,7-8H2,1H3,(H2,16,17,18,19). The number of anilines is 2. The molecule has 3 rings (SSSR count). The van der Waals surface area contributed by atoms with E-state index in [4.69, 9.17) is 0 Å². The van der Waals surface area contributed by atoms with Gasteiger partial charge in [0.2, 0.25) is 0 Å². The van der Waals surface area contributed by atoms with Crippen molar-refractivity contribution in [3.05, 3.63) is 48.3 Å². The van der Waals surface area contributed by atoms with Gasteiger partial charge in [-0.25, -0.2) is 9.97 Å². The molecule has 2 N–H and O–H groups in total. The van der Waals surface area contributed by atoms with Crippen LogP contribution in [0.1, 0.15) is 31.4 Å². The quantitative estimate of drug-likeness (QED) is 0.860. The predicted molar refractivity (Wildman–Crippen MR) is 77.2 cm³/mol. The summed E-state index contributed by atoms with van der Waals surface area (Å²) < 4.78 is 0. The molecule has 1 fully saturated rings. The van der Waals surface area contributed by atoms with Crippen molar-refractivity contribution < 1.29 is 0 Å². The third kappa shape index (κ3) is 3.22. The van der Waals surface area contributed by atoms with Gasteiger partial charge in [-0.05, 0) is 25.3 Å². The van der Waals surface area contributed by atoms with E-state index in [0.717, 1.165) is 11.6 Å². The van der Waals surface area contributed by atoms with E-state index in [0.29, 0.717) is 6.04 Å². The summed E-state index contributed by atoms with van der Waals surface area (Å²) in [6, 6.07) is 13.2. The Morgan fingerprint density at radius 1 is 1.11 bits per heavy atom. The molecule has 0 aliphatic heterocycles. The first-order valence-electron chi connectivity index (χ1n) is 6.71. The zero-order valence-electron chi connectivity index (χ0n) is 11.0. The molecule has 0 bridgehead atoms. The van der Waals surface area contributed by atoms with E-state index in [1.807, 2.05) is 24.3 Å². The van der Waals surface area contributed by atoms with Gasteiger partial charge in [0.15, 0.2) is 0 Å². The van der Waals surface area contributed by atoms with Gasteiger partial charge in [0.05, 0.1) is 0 Å². The number of nitrogens with one attached hydrogen (secondary N) is 2. The van der Waals surface area contributed by atoms with Crippen LogP contribution in [0.4, 0.5) is 11.6 Å². The molecule has 0 amide bonds. The summed E-state index contributed by atoms with van der Waals surface area (Å²) in [6.45, 7) is 2.13. The third-order valence-electron chi connectivity index (χ3n) is 3.26. The van der Waals surface area contributed by atoms with Crippen LogP contribution in [0, 0.1) is 0 Å². The Balaban J connectivity index is 1.68. The van der Waals surface area contributed by atoms with Gasteiger partial charge in [-0.1, -0.05) is 30.3 Å². The highest BCUT2D eigenvalue weighted by Crippen LogP contribution is 2.25. The summed E-state index contributed by atoms with van der Waals surface area (Å²) in [7, 11) is 0. The molecule has 0 radical (unpaired) electrons. The number of hydrogen-bond donors (Lipinski definition) is 2. The molecule has 0 spiro atoms. The van der Waals surface area contributed by atoms with Crippen molar-refractivity contribution >= 4 is 11.6 Å². The van der Waals surface area contributed by atoms with Gasteiger partial charge in [-0.2, -0.15) is 0 Å². The monoisotopic (exact) mass is 254 g/mol. The average Bonchev–Trinajstić information content (AvgIpc) is 3.24. The molecule has 4 nitrogen and oxygen atoms in total. The van der Waals surface area contributed by atoms with Crippen molar-refractivity contribution in [1.82, 2.24) is 9.97 Å². The minimum atomic E-state index is 0.227. The topological polar surface area (TPSA) is 49.8 Å². The van der Waals surface area contributed by atoms with Gasteiger partial charge in [0.25, 0.3) is 0 Å². The lowest BCUT2D eigenvalue weighted by Crippen LogP contribution is -2.09. The normalized spacial score (nSPS) is 15.8. The molecular formula is C15H18N4. The van der Waals surface area contributed by atoms with Crippen molar-refractivity contribution in [3.8, 4) is 0 Å². The Hall–Kier alpha value is -2.10. The molecule has 1 atom stereocenters. The Kier molecular flexibility index (Phi) is 3.31. The summed E-state index contributed by atoms with van der Waals surface area (Å²) in [4.78, 5) is 8.51. The van der Waals surface area contributed by atoms with Gasteiger partial charge < -0.3 is 10.6 Å². The summed E-state index contributed by atoms with van der Waals surface area (Å²) in [5.41, 5.74) is 1.25. The van der Waals surface area contributed by atoms with E-state index in [1.165, 1.54) is 18.4 Å². The van der Waals surface area contributed by atoms with E-state index in [1.54, 1.807) is 6.33 Å². The fourth-order valence-corrected chi connectivity index (χ4v) is 2.00. The Labute approximate surface area is 113 Å². The maximum atomic E-state index is 4.27. The molecule has 1 saturated carbocycles. The second-order valence-electron chi connectivity index (χ2n) is 4.98. The van der Waals surface area contributed by atoms with Crippen LogP contribution < -0.4 is 10.6 Å². The van der Waals surface area contributed by atoms with E-state index < -0.39 is 0 Å². The van der Waals surface area contributed by atoms with Gasteiger partial charge in [0.1, 0.15) is 18.0 Å². The van der Waals surface area contributed by atoms with Gasteiger partial charge >= 0.3 is 0 Å². The van der Waals surface area contributed by atoms with Crippen LogP contribution in [-0.4, -0.2) is 16.0 Å². The molecule has 1 heterocycles. The smallest absolute Gasteiger partial charge is 0.131 e. The van der Waals surface area contributed by atoms with E-state index in [9.17, 15) is 0 Å². The van der Waals surface area contributed by atoms with Gasteiger partial charge in [-0.15, -0.1) is 0 Å². The first kappa shape index (κ1) is 12.0. The largest absolute Gasteiger partial charge is 0.367 e. The molecule has 98 valence electrons. The SMILES string of the molecule is CC(Nc1cc(NC2CC2)ncn1)c1ccccc1. The molecule has 1 aromatic carbocycles. The van der Waals surface area contributed by atoms with Gasteiger partial charge in [-0.3, -0.25) is 0 Å². The summed E-state index contributed by atoms with van der Waals surface area (Å²) in [5.74, 6) is 1.76. The fourth-order valence-electron chi connectivity index (χ4n) is 2.00. The number of aromatic nitrogens is 2. The van der Waals surface area contributed by atoms with E-state index in [2.05, 4.69) is 39.7 Å². The summed E-state index contributed by atoms with van der Waals surface area (Å²) in [6.07, 6.45) is 4.09. The van der Waals surface area contributed by atoms with Crippen LogP contribution in [0.3, 0.4) is 0 Å². The molecule has 0 saturated heterocycles.